The molecule has 0 radical (unpaired) electrons. The van der Waals surface area contributed by atoms with Gasteiger partial charge in [0.25, 0.3) is 0 Å². The maximum absolute atomic E-state index is 13.4. The van der Waals surface area contributed by atoms with Crippen LogP contribution in [0, 0.1) is 0 Å². The zero-order valence-electron chi connectivity index (χ0n) is 28.2. The van der Waals surface area contributed by atoms with Crippen molar-refractivity contribution in [3.8, 4) is 22.3 Å². The molecule has 0 spiro atoms. The van der Waals surface area contributed by atoms with Crippen LogP contribution in [0.3, 0.4) is 0 Å². The molecule has 4 aromatic rings. The third-order valence-electron chi connectivity index (χ3n) is 9.63. The van der Waals surface area contributed by atoms with Gasteiger partial charge in [0.2, 0.25) is 0 Å². The summed E-state index contributed by atoms with van der Waals surface area (Å²) in [6, 6.07) is 23.7. The van der Waals surface area contributed by atoms with Gasteiger partial charge in [-0.1, -0.05) is 0 Å². The van der Waals surface area contributed by atoms with E-state index in [0.29, 0.717) is 7.25 Å². The second kappa shape index (κ2) is 16.1. The predicted octanol–water partition coefficient (Wildman–Crippen LogP) is 7.11. The Hall–Kier alpha value is -2.38. The van der Waals surface area contributed by atoms with E-state index in [4.69, 9.17) is 0 Å². The predicted molar refractivity (Wildman–Crippen MR) is 182 cm³/mol. The smallest absolute Gasteiger partial charge is 1.00 e. The number of benzene rings is 4. The van der Waals surface area contributed by atoms with Gasteiger partial charge >= 0.3 is 288 Å². The van der Waals surface area contributed by atoms with Crippen molar-refractivity contribution in [3.05, 3.63) is 129 Å². The van der Waals surface area contributed by atoms with Crippen molar-refractivity contribution in [2.45, 2.75) is 72.2 Å². The van der Waals surface area contributed by atoms with E-state index in [9.17, 15) is 26.3 Å². The van der Waals surface area contributed by atoms with Crippen LogP contribution in [0.15, 0.2) is 96.1 Å². The molecule has 0 aliphatic heterocycles. The Morgan fingerprint density at radius 1 is 0.560 bits per heavy atom. The topological polar surface area (TPSA) is 0 Å². The van der Waals surface area contributed by atoms with Crippen LogP contribution in [0.25, 0.3) is 34.4 Å². The molecule has 0 fully saturated rings. The molecule has 4 aromatic carbocycles. The summed E-state index contributed by atoms with van der Waals surface area (Å²) in [5.74, 6) is 0. The third-order valence-corrected chi connectivity index (χ3v) is 29.1. The van der Waals surface area contributed by atoms with Crippen LogP contribution in [-0.2, 0) is 32.7 Å². The first-order valence-electron chi connectivity index (χ1n) is 16.5. The van der Waals surface area contributed by atoms with E-state index in [1.54, 1.807) is 24.3 Å². The van der Waals surface area contributed by atoms with Crippen molar-refractivity contribution < 1.29 is 71.5 Å². The quantitative estimate of drug-likeness (QED) is 0.131. The summed E-state index contributed by atoms with van der Waals surface area (Å²) in [6.07, 6.45) is -0.104. The van der Waals surface area contributed by atoms with Crippen molar-refractivity contribution in [2.24, 2.45) is 0 Å². The molecule has 0 heterocycles. The summed E-state index contributed by atoms with van der Waals surface area (Å²) in [6.45, 7) is 9.33. The fraction of sp³-hybridized carbons (Fsp3) is 0.300. The van der Waals surface area contributed by atoms with Gasteiger partial charge in [-0.3, -0.25) is 0 Å². The van der Waals surface area contributed by atoms with Crippen molar-refractivity contribution in [1.29, 1.82) is 0 Å². The number of halogens is 8. The Balaban J connectivity index is 0.00000281. The Morgan fingerprint density at radius 3 is 1.22 bits per heavy atom. The van der Waals surface area contributed by atoms with E-state index in [2.05, 4.69) is 63.4 Å². The SMILES string of the molecule is CCCC1=Cc2c(-c3ccc(C(F)(F)F)cc3)cccc2[CH]1[Zr+2]([CH]1C(CCC)=Cc2c(-c3ccc(C(F)(F)F)cc3)cccc21)=[Si](C)C.[Cl-].[Cl-]. The van der Waals surface area contributed by atoms with E-state index in [-0.39, 0.29) is 24.8 Å². The fourth-order valence-corrected chi connectivity index (χ4v) is 28.1. The van der Waals surface area contributed by atoms with Crippen molar-refractivity contribution in [1.82, 2.24) is 0 Å². The minimum atomic E-state index is -4.38. The number of fused-ring (bicyclic) bond motifs is 2. The van der Waals surface area contributed by atoms with E-state index in [0.717, 1.165) is 59.1 Å². The molecule has 0 aromatic heterocycles. The summed E-state index contributed by atoms with van der Waals surface area (Å²) in [5.41, 5.74) is 9.30. The van der Waals surface area contributed by atoms with Crippen LogP contribution < -0.4 is 24.8 Å². The van der Waals surface area contributed by atoms with Gasteiger partial charge in [-0.2, -0.15) is 0 Å². The summed E-state index contributed by atoms with van der Waals surface area (Å²) >= 11 is -2.51. The van der Waals surface area contributed by atoms with Crippen molar-refractivity contribution >= 4 is 17.6 Å². The molecule has 2 atom stereocenters. The molecule has 2 aliphatic carbocycles. The molecule has 0 amide bonds. The van der Waals surface area contributed by atoms with E-state index < -0.39 is 49.3 Å². The number of allylic oxidation sites excluding steroid dienone is 2. The second-order valence-electron chi connectivity index (χ2n) is 13.0. The van der Waals surface area contributed by atoms with Crippen LogP contribution >= 0.6 is 0 Å². The summed E-state index contributed by atoms with van der Waals surface area (Å²) in [4.78, 5) is 0. The Labute approximate surface area is 311 Å². The van der Waals surface area contributed by atoms with E-state index in [1.807, 2.05) is 12.1 Å². The zero-order chi connectivity index (χ0) is 34.4. The molecule has 2 unspecified atom stereocenters. The van der Waals surface area contributed by atoms with Gasteiger partial charge in [0.15, 0.2) is 0 Å². The van der Waals surface area contributed by atoms with Crippen LogP contribution in [0.4, 0.5) is 26.3 Å². The Morgan fingerprint density at radius 2 is 0.920 bits per heavy atom. The van der Waals surface area contributed by atoms with Crippen molar-refractivity contribution in [2.75, 3.05) is 0 Å². The molecule has 0 bridgehead atoms. The van der Waals surface area contributed by atoms with Crippen LogP contribution in [0.5, 0.6) is 0 Å². The molecule has 10 heteroatoms. The van der Waals surface area contributed by atoms with Crippen LogP contribution in [-0.4, -0.2) is 5.43 Å². The average molecular weight is 823 g/mol. The molecular formula is C40H38Cl2F6SiZr. The van der Waals surface area contributed by atoms with Gasteiger partial charge in [-0.15, -0.1) is 0 Å². The monoisotopic (exact) mass is 820 g/mol. The van der Waals surface area contributed by atoms with Crippen LogP contribution in [0.1, 0.15) is 80.2 Å². The largest absolute Gasteiger partial charge is 1.00 e. The third kappa shape index (κ3) is 7.84. The minimum Gasteiger partial charge on any atom is -1.00 e. The minimum absolute atomic E-state index is 0. The molecular weight excluding hydrogens is 785 g/mol. The number of rotatable bonds is 8. The summed E-state index contributed by atoms with van der Waals surface area (Å²) in [7, 11) is 0. The van der Waals surface area contributed by atoms with E-state index >= 15 is 0 Å². The molecule has 0 nitrogen and oxygen atoms in total. The summed E-state index contributed by atoms with van der Waals surface area (Å²) in [5, 5.41) is 0. The fourth-order valence-electron chi connectivity index (χ4n) is 7.60. The normalized spacial score (nSPS) is 16.3. The molecule has 2 aliphatic rings. The van der Waals surface area contributed by atoms with Crippen molar-refractivity contribution in [3.63, 3.8) is 0 Å². The van der Waals surface area contributed by atoms with Gasteiger partial charge in [-0.25, -0.2) is 0 Å². The zero-order valence-corrected chi connectivity index (χ0v) is 33.2. The Kier molecular flexibility index (Phi) is 13.0. The standard InChI is InChI=1S/2C19H16F3.C2H6Si.2ClH.Zr/c2*1-2-4-13-11-15-5-3-6-17(18(15)12-13)14-7-9-16(10-8-14)19(20,21)22;1-3-2;;;/h2*3,5-12H,2,4H2,1H3;1-2H3;2*1H;/q;;;;;+2/p-2. The van der Waals surface area contributed by atoms with Gasteiger partial charge in [0, 0.05) is 0 Å². The first kappa shape index (κ1) is 40.4. The average Bonchev–Trinajstić information content (AvgIpc) is 3.59. The molecule has 50 heavy (non-hydrogen) atoms. The van der Waals surface area contributed by atoms with Crippen LogP contribution in [0.2, 0.25) is 13.1 Å². The van der Waals surface area contributed by atoms with Gasteiger partial charge < -0.3 is 24.8 Å². The maximum atomic E-state index is 13.4. The number of hydrogen-bond donors (Lipinski definition) is 0. The molecule has 0 saturated carbocycles. The van der Waals surface area contributed by atoms with Gasteiger partial charge in [0.1, 0.15) is 0 Å². The second-order valence-corrected chi connectivity index (χ2v) is 30.9. The maximum Gasteiger partial charge on any atom is -1.00 e. The molecule has 0 N–H and O–H groups in total. The first-order valence-corrected chi connectivity index (χ1v) is 25.5. The molecule has 6 rings (SSSR count). The number of hydrogen-bond acceptors (Lipinski definition) is 0. The molecule has 0 saturated heterocycles. The van der Waals surface area contributed by atoms with E-state index in [1.165, 1.54) is 46.5 Å². The summed E-state index contributed by atoms with van der Waals surface area (Å²) < 4.78 is 80.9. The van der Waals surface area contributed by atoms with Gasteiger partial charge in [-0.05, 0) is 0 Å². The first-order chi connectivity index (χ1) is 22.8. The number of alkyl halides is 6. The Bertz CT molecular complexity index is 1800. The van der Waals surface area contributed by atoms with Gasteiger partial charge in [0.05, 0.1) is 0 Å². The molecule has 262 valence electrons.